The van der Waals surface area contributed by atoms with Gasteiger partial charge in [0.15, 0.2) is 0 Å². The Balaban J connectivity index is 2.08. The molecule has 0 fully saturated rings. The number of benzene rings is 2. The number of hydrogen-bond acceptors (Lipinski definition) is 1. The average molecular weight is 322 g/mol. The minimum absolute atomic E-state index is 0.223. The van der Waals surface area contributed by atoms with E-state index in [2.05, 4.69) is 45.1 Å². The highest BCUT2D eigenvalue weighted by Crippen LogP contribution is 2.26. The van der Waals surface area contributed by atoms with Crippen LogP contribution in [0, 0.1) is 20.8 Å². The fourth-order valence-corrected chi connectivity index (χ4v) is 2.68. The summed E-state index contributed by atoms with van der Waals surface area (Å²) in [5.74, 6) is 0. The molecule has 2 aromatic rings. The van der Waals surface area contributed by atoms with E-state index in [-0.39, 0.29) is 6.04 Å². The van der Waals surface area contributed by atoms with Gasteiger partial charge >= 0.3 is 0 Å². The lowest BCUT2D eigenvalue weighted by Gasteiger charge is -2.17. The molecule has 3 heteroatoms. The second kappa shape index (κ2) is 6.83. The molecule has 21 heavy (non-hydrogen) atoms. The van der Waals surface area contributed by atoms with E-state index in [1.807, 2.05) is 18.2 Å². The zero-order chi connectivity index (χ0) is 15.6. The summed E-state index contributed by atoms with van der Waals surface area (Å²) in [5, 5.41) is 4.74. The Labute approximate surface area is 137 Å². The number of rotatable bonds is 4. The van der Waals surface area contributed by atoms with Gasteiger partial charge in [0.1, 0.15) is 0 Å². The van der Waals surface area contributed by atoms with Gasteiger partial charge in [-0.1, -0.05) is 41.4 Å². The van der Waals surface area contributed by atoms with Crippen LogP contribution >= 0.6 is 23.2 Å². The SMILES string of the molecule is Cc1cc(C)c(CNC(C)c2ccc(Cl)c(Cl)c2)cc1C. The maximum atomic E-state index is 6.08. The first-order valence-electron chi connectivity index (χ1n) is 7.13. The first kappa shape index (κ1) is 16.4. The highest BCUT2D eigenvalue weighted by molar-refractivity contribution is 6.42. The Morgan fingerprint density at radius 2 is 1.57 bits per heavy atom. The van der Waals surface area contributed by atoms with Crippen molar-refractivity contribution in [1.82, 2.24) is 5.32 Å². The van der Waals surface area contributed by atoms with E-state index >= 15 is 0 Å². The molecule has 112 valence electrons. The third-order valence-electron chi connectivity index (χ3n) is 3.99. The van der Waals surface area contributed by atoms with Gasteiger partial charge < -0.3 is 5.32 Å². The minimum Gasteiger partial charge on any atom is -0.306 e. The van der Waals surface area contributed by atoms with Gasteiger partial charge in [0.2, 0.25) is 0 Å². The summed E-state index contributed by atoms with van der Waals surface area (Å²) in [6.07, 6.45) is 0. The van der Waals surface area contributed by atoms with E-state index in [4.69, 9.17) is 23.2 Å². The number of halogens is 2. The normalized spacial score (nSPS) is 12.5. The zero-order valence-corrected chi connectivity index (χ0v) is 14.4. The molecule has 1 nitrogen and oxygen atoms in total. The molecule has 0 radical (unpaired) electrons. The average Bonchev–Trinajstić information content (AvgIpc) is 2.44. The van der Waals surface area contributed by atoms with Crippen LogP contribution in [0.15, 0.2) is 30.3 Å². The molecule has 0 spiro atoms. The molecular weight excluding hydrogens is 301 g/mol. The quantitative estimate of drug-likeness (QED) is 0.753. The lowest BCUT2D eigenvalue weighted by atomic mass is 10.0. The fraction of sp³-hybridized carbons (Fsp3) is 0.333. The molecule has 2 aromatic carbocycles. The van der Waals surface area contributed by atoms with Gasteiger partial charge in [-0.3, -0.25) is 0 Å². The van der Waals surface area contributed by atoms with Crippen molar-refractivity contribution in [2.75, 3.05) is 0 Å². The molecule has 1 unspecified atom stereocenters. The van der Waals surface area contributed by atoms with E-state index in [0.29, 0.717) is 10.0 Å². The largest absolute Gasteiger partial charge is 0.306 e. The second-order valence-corrected chi connectivity index (χ2v) is 6.45. The topological polar surface area (TPSA) is 12.0 Å². The Morgan fingerprint density at radius 1 is 0.905 bits per heavy atom. The molecule has 0 heterocycles. The van der Waals surface area contributed by atoms with Crippen LogP contribution in [0.4, 0.5) is 0 Å². The molecule has 0 aromatic heterocycles. The van der Waals surface area contributed by atoms with Gasteiger partial charge in [0.05, 0.1) is 10.0 Å². The number of hydrogen-bond donors (Lipinski definition) is 1. The molecule has 0 amide bonds. The van der Waals surface area contributed by atoms with E-state index < -0.39 is 0 Å². The molecule has 0 aliphatic carbocycles. The predicted octanol–water partition coefficient (Wildman–Crippen LogP) is 5.77. The molecule has 0 aliphatic heterocycles. The molecular formula is C18H21Cl2N. The molecule has 0 bridgehead atoms. The highest BCUT2D eigenvalue weighted by Gasteiger charge is 2.09. The Kier molecular flexibility index (Phi) is 5.32. The lowest BCUT2D eigenvalue weighted by molar-refractivity contribution is 0.573. The second-order valence-electron chi connectivity index (χ2n) is 5.64. The Bertz CT molecular complexity index is 650. The molecule has 0 saturated carbocycles. The Hall–Kier alpha value is -1.02. The summed E-state index contributed by atoms with van der Waals surface area (Å²) in [4.78, 5) is 0. The number of nitrogens with one attached hydrogen (secondary N) is 1. The zero-order valence-electron chi connectivity index (χ0n) is 12.9. The van der Waals surface area contributed by atoms with Gasteiger partial charge in [-0.05, 0) is 67.6 Å². The van der Waals surface area contributed by atoms with E-state index in [1.54, 1.807) is 0 Å². The fourth-order valence-electron chi connectivity index (χ4n) is 2.37. The number of aryl methyl sites for hydroxylation is 3. The van der Waals surface area contributed by atoms with Crippen molar-refractivity contribution < 1.29 is 0 Å². The van der Waals surface area contributed by atoms with Gasteiger partial charge in [-0.15, -0.1) is 0 Å². The Morgan fingerprint density at radius 3 is 2.24 bits per heavy atom. The van der Waals surface area contributed by atoms with Crippen LogP contribution in [-0.4, -0.2) is 0 Å². The minimum atomic E-state index is 0.223. The predicted molar refractivity (Wildman–Crippen MR) is 92.4 cm³/mol. The van der Waals surface area contributed by atoms with Crippen molar-refractivity contribution in [3.05, 3.63) is 68.2 Å². The third kappa shape index (κ3) is 4.00. The summed E-state index contributed by atoms with van der Waals surface area (Å²) >= 11 is 12.0. The van der Waals surface area contributed by atoms with Crippen LogP contribution in [0.3, 0.4) is 0 Å². The van der Waals surface area contributed by atoms with Crippen LogP contribution in [0.5, 0.6) is 0 Å². The van der Waals surface area contributed by atoms with Crippen molar-refractivity contribution in [3.63, 3.8) is 0 Å². The molecule has 2 rings (SSSR count). The molecule has 0 aliphatic rings. The maximum absolute atomic E-state index is 6.08. The van der Waals surface area contributed by atoms with Crippen molar-refractivity contribution in [3.8, 4) is 0 Å². The maximum Gasteiger partial charge on any atom is 0.0595 e. The first-order valence-corrected chi connectivity index (χ1v) is 7.89. The van der Waals surface area contributed by atoms with Crippen LogP contribution in [-0.2, 0) is 6.54 Å². The summed E-state index contributed by atoms with van der Waals surface area (Å²) < 4.78 is 0. The van der Waals surface area contributed by atoms with Gasteiger partial charge in [-0.2, -0.15) is 0 Å². The van der Waals surface area contributed by atoms with Crippen LogP contribution in [0.25, 0.3) is 0 Å². The molecule has 1 atom stereocenters. The van der Waals surface area contributed by atoms with E-state index in [9.17, 15) is 0 Å². The summed E-state index contributed by atoms with van der Waals surface area (Å²) in [5.41, 5.74) is 6.48. The third-order valence-corrected chi connectivity index (χ3v) is 4.73. The summed E-state index contributed by atoms with van der Waals surface area (Å²) in [6.45, 7) is 9.44. The first-order chi connectivity index (χ1) is 9.88. The smallest absolute Gasteiger partial charge is 0.0595 e. The lowest BCUT2D eigenvalue weighted by Crippen LogP contribution is -2.18. The molecule has 0 saturated heterocycles. The van der Waals surface area contributed by atoms with Crippen molar-refractivity contribution in [2.45, 2.75) is 40.3 Å². The van der Waals surface area contributed by atoms with Gasteiger partial charge in [0.25, 0.3) is 0 Å². The van der Waals surface area contributed by atoms with Crippen molar-refractivity contribution in [2.24, 2.45) is 0 Å². The van der Waals surface area contributed by atoms with Crippen molar-refractivity contribution >= 4 is 23.2 Å². The standard InChI is InChI=1S/C18H21Cl2N/c1-11-7-13(3)16(8-12(11)2)10-21-14(4)15-5-6-17(19)18(20)9-15/h5-9,14,21H,10H2,1-4H3. The molecule has 1 N–H and O–H groups in total. The van der Waals surface area contributed by atoms with E-state index in [1.165, 1.54) is 22.3 Å². The highest BCUT2D eigenvalue weighted by atomic mass is 35.5. The van der Waals surface area contributed by atoms with Crippen LogP contribution in [0.2, 0.25) is 10.0 Å². The monoisotopic (exact) mass is 321 g/mol. The van der Waals surface area contributed by atoms with Gasteiger partial charge in [0, 0.05) is 12.6 Å². The van der Waals surface area contributed by atoms with Gasteiger partial charge in [-0.25, -0.2) is 0 Å². The van der Waals surface area contributed by atoms with E-state index in [0.717, 1.165) is 12.1 Å². The van der Waals surface area contributed by atoms with Crippen LogP contribution < -0.4 is 5.32 Å². The summed E-state index contributed by atoms with van der Waals surface area (Å²) in [6, 6.07) is 10.5. The van der Waals surface area contributed by atoms with Crippen molar-refractivity contribution in [1.29, 1.82) is 0 Å². The summed E-state index contributed by atoms with van der Waals surface area (Å²) in [7, 11) is 0. The van der Waals surface area contributed by atoms with Crippen LogP contribution in [0.1, 0.15) is 40.8 Å².